The fourth-order valence-electron chi connectivity index (χ4n) is 1.18. The zero-order valence-corrected chi connectivity index (χ0v) is 11.1. The summed E-state index contributed by atoms with van der Waals surface area (Å²) in [6.45, 7) is 6.04. The zero-order valence-electron chi connectivity index (χ0n) is 11.1. The number of benzene rings is 1. The second kappa shape index (κ2) is 5.08. The standard InChI is InChI=1S/C13H20N2O2/c1-13(2,3)12(14)15-10-8-9(16-4)6-7-11(10)17-5/h6-8H,1-5H3,(H2,14,15). The molecule has 0 unspecified atom stereocenters. The highest BCUT2D eigenvalue weighted by molar-refractivity contribution is 5.88. The summed E-state index contributed by atoms with van der Waals surface area (Å²) in [6, 6.07) is 5.44. The number of hydrogen-bond donors (Lipinski definition) is 1. The molecule has 0 atom stereocenters. The van der Waals surface area contributed by atoms with Gasteiger partial charge >= 0.3 is 0 Å². The first-order valence-corrected chi connectivity index (χ1v) is 5.45. The molecule has 2 N–H and O–H groups in total. The average molecular weight is 236 g/mol. The fraction of sp³-hybridized carbons (Fsp3) is 0.462. The Labute approximate surface area is 102 Å². The predicted molar refractivity (Wildman–Crippen MR) is 70.3 cm³/mol. The van der Waals surface area contributed by atoms with Gasteiger partial charge in [-0.3, -0.25) is 0 Å². The molecule has 0 radical (unpaired) electrons. The quantitative estimate of drug-likeness (QED) is 0.648. The Bertz CT molecular complexity index is 420. The molecule has 1 rings (SSSR count). The predicted octanol–water partition coefficient (Wildman–Crippen LogP) is 2.74. The van der Waals surface area contributed by atoms with Crippen LogP contribution in [-0.4, -0.2) is 20.1 Å². The van der Waals surface area contributed by atoms with Gasteiger partial charge < -0.3 is 15.2 Å². The summed E-state index contributed by atoms with van der Waals surface area (Å²) in [5, 5.41) is 0. The number of nitrogens with two attached hydrogens (primary N) is 1. The average Bonchev–Trinajstić information content (AvgIpc) is 2.27. The van der Waals surface area contributed by atoms with Crippen LogP contribution >= 0.6 is 0 Å². The van der Waals surface area contributed by atoms with Crippen molar-refractivity contribution >= 4 is 11.5 Å². The molecule has 4 nitrogen and oxygen atoms in total. The van der Waals surface area contributed by atoms with Gasteiger partial charge in [0.25, 0.3) is 0 Å². The van der Waals surface area contributed by atoms with E-state index in [0.29, 0.717) is 17.3 Å². The van der Waals surface area contributed by atoms with Gasteiger partial charge in [0.2, 0.25) is 0 Å². The van der Waals surface area contributed by atoms with Gasteiger partial charge in [-0.25, -0.2) is 4.99 Å². The molecule has 4 heteroatoms. The number of nitrogens with zero attached hydrogens (tertiary/aromatic N) is 1. The van der Waals surface area contributed by atoms with E-state index in [0.717, 1.165) is 5.75 Å². The van der Waals surface area contributed by atoms with Crippen LogP contribution in [0.2, 0.25) is 0 Å². The van der Waals surface area contributed by atoms with Crippen molar-refractivity contribution in [2.45, 2.75) is 20.8 Å². The van der Waals surface area contributed by atoms with Gasteiger partial charge in [-0.1, -0.05) is 20.8 Å². The molecule has 0 bridgehead atoms. The normalized spacial score (nSPS) is 12.4. The molecule has 0 amide bonds. The third-order valence-corrected chi connectivity index (χ3v) is 2.40. The SMILES string of the molecule is COc1ccc(OC)c(N=C(N)C(C)(C)C)c1. The van der Waals surface area contributed by atoms with Crippen LogP contribution < -0.4 is 15.2 Å². The van der Waals surface area contributed by atoms with Crippen molar-refractivity contribution in [2.24, 2.45) is 16.1 Å². The molecule has 1 aromatic rings. The lowest BCUT2D eigenvalue weighted by Gasteiger charge is -2.18. The lowest BCUT2D eigenvalue weighted by Crippen LogP contribution is -2.28. The molecule has 0 aromatic heterocycles. The molecule has 0 spiro atoms. The van der Waals surface area contributed by atoms with E-state index in [2.05, 4.69) is 4.99 Å². The van der Waals surface area contributed by atoms with Gasteiger partial charge in [-0.05, 0) is 12.1 Å². The summed E-state index contributed by atoms with van der Waals surface area (Å²) in [6.07, 6.45) is 0. The van der Waals surface area contributed by atoms with E-state index in [4.69, 9.17) is 15.2 Å². The van der Waals surface area contributed by atoms with Gasteiger partial charge in [0.1, 0.15) is 23.0 Å². The highest BCUT2D eigenvalue weighted by atomic mass is 16.5. The first-order chi connectivity index (χ1) is 7.88. The van der Waals surface area contributed by atoms with Crippen molar-refractivity contribution in [3.8, 4) is 11.5 Å². The summed E-state index contributed by atoms with van der Waals surface area (Å²) < 4.78 is 10.4. The van der Waals surface area contributed by atoms with Crippen molar-refractivity contribution in [2.75, 3.05) is 14.2 Å². The van der Waals surface area contributed by atoms with E-state index < -0.39 is 0 Å². The third-order valence-electron chi connectivity index (χ3n) is 2.40. The summed E-state index contributed by atoms with van der Waals surface area (Å²) in [4.78, 5) is 4.40. The second-order valence-corrected chi connectivity index (χ2v) is 4.78. The van der Waals surface area contributed by atoms with Crippen molar-refractivity contribution < 1.29 is 9.47 Å². The number of amidine groups is 1. The summed E-state index contributed by atoms with van der Waals surface area (Å²) >= 11 is 0. The van der Waals surface area contributed by atoms with Crippen molar-refractivity contribution in [1.29, 1.82) is 0 Å². The van der Waals surface area contributed by atoms with E-state index in [1.54, 1.807) is 20.3 Å². The maximum atomic E-state index is 5.95. The highest BCUT2D eigenvalue weighted by Gasteiger charge is 2.16. The minimum absolute atomic E-state index is 0.173. The van der Waals surface area contributed by atoms with Crippen LogP contribution in [0.25, 0.3) is 0 Å². The Morgan fingerprint density at radius 1 is 1.18 bits per heavy atom. The molecule has 0 saturated carbocycles. The highest BCUT2D eigenvalue weighted by Crippen LogP contribution is 2.32. The van der Waals surface area contributed by atoms with E-state index in [9.17, 15) is 0 Å². The molecule has 0 heterocycles. The molecule has 0 aliphatic rings. The summed E-state index contributed by atoms with van der Waals surface area (Å²) in [5.74, 6) is 1.97. The van der Waals surface area contributed by atoms with Gasteiger partial charge in [0, 0.05) is 11.5 Å². The Hall–Kier alpha value is -1.71. The van der Waals surface area contributed by atoms with E-state index in [1.807, 2.05) is 32.9 Å². The number of ether oxygens (including phenoxy) is 2. The number of methoxy groups -OCH3 is 2. The molecule has 0 aliphatic carbocycles. The lowest BCUT2D eigenvalue weighted by molar-refractivity contribution is 0.404. The largest absolute Gasteiger partial charge is 0.497 e. The molecule has 0 fully saturated rings. The maximum absolute atomic E-state index is 5.95. The topological polar surface area (TPSA) is 56.8 Å². The van der Waals surface area contributed by atoms with E-state index in [-0.39, 0.29) is 5.41 Å². The summed E-state index contributed by atoms with van der Waals surface area (Å²) in [5.41, 5.74) is 6.46. The molecular weight excluding hydrogens is 216 g/mol. The minimum atomic E-state index is -0.173. The zero-order chi connectivity index (χ0) is 13.1. The van der Waals surface area contributed by atoms with Crippen LogP contribution in [0.3, 0.4) is 0 Å². The van der Waals surface area contributed by atoms with Crippen LogP contribution in [0.5, 0.6) is 11.5 Å². The number of hydrogen-bond acceptors (Lipinski definition) is 3. The first-order valence-electron chi connectivity index (χ1n) is 5.45. The minimum Gasteiger partial charge on any atom is -0.497 e. The number of aliphatic imine (C=N–C) groups is 1. The number of rotatable bonds is 3. The Morgan fingerprint density at radius 3 is 2.29 bits per heavy atom. The molecule has 17 heavy (non-hydrogen) atoms. The van der Waals surface area contributed by atoms with Crippen LogP contribution in [-0.2, 0) is 0 Å². The van der Waals surface area contributed by atoms with Gasteiger partial charge in [0.05, 0.1) is 14.2 Å². The summed E-state index contributed by atoms with van der Waals surface area (Å²) in [7, 11) is 3.22. The lowest BCUT2D eigenvalue weighted by atomic mass is 9.95. The van der Waals surface area contributed by atoms with Crippen molar-refractivity contribution in [3.63, 3.8) is 0 Å². The third kappa shape index (κ3) is 3.37. The van der Waals surface area contributed by atoms with Crippen LogP contribution in [0, 0.1) is 5.41 Å². The molecule has 0 saturated heterocycles. The van der Waals surface area contributed by atoms with Crippen LogP contribution in [0.15, 0.2) is 23.2 Å². The molecular formula is C13H20N2O2. The maximum Gasteiger partial charge on any atom is 0.144 e. The van der Waals surface area contributed by atoms with Gasteiger partial charge in [-0.15, -0.1) is 0 Å². The monoisotopic (exact) mass is 236 g/mol. The smallest absolute Gasteiger partial charge is 0.144 e. The first kappa shape index (κ1) is 13.4. The molecule has 0 aliphatic heterocycles. The Balaban J connectivity index is 3.20. The van der Waals surface area contributed by atoms with Crippen molar-refractivity contribution in [1.82, 2.24) is 0 Å². The van der Waals surface area contributed by atoms with Crippen molar-refractivity contribution in [3.05, 3.63) is 18.2 Å². The molecule has 94 valence electrons. The molecule has 1 aromatic carbocycles. The van der Waals surface area contributed by atoms with Crippen LogP contribution in [0.1, 0.15) is 20.8 Å². The Kier molecular flexibility index (Phi) is 3.99. The fourth-order valence-corrected chi connectivity index (χ4v) is 1.18. The second-order valence-electron chi connectivity index (χ2n) is 4.78. The van der Waals surface area contributed by atoms with Gasteiger partial charge in [0.15, 0.2) is 0 Å². The van der Waals surface area contributed by atoms with E-state index in [1.165, 1.54) is 0 Å². The van der Waals surface area contributed by atoms with Crippen LogP contribution in [0.4, 0.5) is 5.69 Å². The van der Waals surface area contributed by atoms with E-state index >= 15 is 0 Å². The van der Waals surface area contributed by atoms with Gasteiger partial charge in [-0.2, -0.15) is 0 Å². The Morgan fingerprint density at radius 2 is 1.82 bits per heavy atom.